The topological polar surface area (TPSA) is 63.7 Å². The first-order valence-electron chi connectivity index (χ1n) is 14.6. The zero-order chi connectivity index (χ0) is 27.7. The third kappa shape index (κ3) is 6.92. The van der Waals surface area contributed by atoms with E-state index < -0.39 is 11.9 Å². The van der Waals surface area contributed by atoms with Gasteiger partial charge in [-0.15, -0.1) is 0 Å². The molecule has 206 valence electrons. The molecule has 0 saturated heterocycles. The van der Waals surface area contributed by atoms with Gasteiger partial charge in [-0.25, -0.2) is 9.69 Å². The van der Waals surface area contributed by atoms with Crippen LogP contribution in [-0.4, -0.2) is 24.4 Å². The van der Waals surface area contributed by atoms with Crippen molar-refractivity contribution in [2.75, 3.05) is 11.5 Å². The lowest BCUT2D eigenvalue weighted by atomic mass is 9.92. The van der Waals surface area contributed by atoms with Crippen LogP contribution in [0, 0.1) is 0 Å². The maximum Gasteiger partial charge on any atom is 0.338 e. The van der Waals surface area contributed by atoms with Gasteiger partial charge in [0.25, 0.3) is 11.8 Å². The van der Waals surface area contributed by atoms with Gasteiger partial charge in [0.05, 0.1) is 29.0 Å². The fraction of sp³-hybridized carbons (Fsp3) is 0.545. The second-order valence-corrected chi connectivity index (χ2v) is 11.1. The highest BCUT2D eigenvalue weighted by atomic mass is 16.5. The van der Waals surface area contributed by atoms with Gasteiger partial charge in [0.15, 0.2) is 0 Å². The normalized spacial score (nSPS) is 13.1. The summed E-state index contributed by atoms with van der Waals surface area (Å²) in [6.07, 6.45) is 12.0. The predicted molar refractivity (Wildman–Crippen MR) is 154 cm³/mol. The minimum absolute atomic E-state index is 0.124. The number of imide groups is 1. The number of nitrogens with zero attached hydrogens (tertiary/aromatic N) is 1. The summed E-state index contributed by atoms with van der Waals surface area (Å²) < 4.78 is 5.55. The van der Waals surface area contributed by atoms with Crippen LogP contribution in [0.2, 0.25) is 0 Å². The second kappa shape index (κ2) is 14.3. The Bertz CT molecular complexity index is 1090. The smallest absolute Gasteiger partial charge is 0.338 e. The summed E-state index contributed by atoms with van der Waals surface area (Å²) in [7, 11) is 0. The zero-order valence-electron chi connectivity index (χ0n) is 24.0. The number of anilines is 1. The molecule has 0 radical (unpaired) electrons. The standard InChI is InChI=1S/C33H45NO4/c1-6-7-8-9-10-11-12-13-14-15-22-38-33(37)28-21-17-20-27-29(28)32(36)34(31(27)35)30-25(23(2)3)18-16-19-26(30)24(4)5/h16-21,23-24H,6-15,22H2,1-5H3. The molecule has 0 unspecified atom stereocenters. The minimum atomic E-state index is -0.540. The van der Waals surface area contributed by atoms with Gasteiger partial charge in [-0.2, -0.15) is 0 Å². The van der Waals surface area contributed by atoms with E-state index in [1.165, 1.54) is 49.8 Å². The third-order valence-corrected chi connectivity index (χ3v) is 7.43. The van der Waals surface area contributed by atoms with E-state index in [-0.39, 0.29) is 34.4 Å². The summed E-state index contributed by atoms with van der Waals surface area (Å²) in [6.45, 7) is 10.8. The summed E-state index contributed by atoms with van der Waals surface area (Å²) >= 11 is 0. The number of esters is 1. The number of benzene rings is 2. The number of hydrogen-bond acceptors (Lipinski definition) is 4. The van der Waals surface area contributed by atoms with Gasteiger partial charge in [-0.3, -0.25) is 9.59 Å². The summed E-state index contributed by atoms with van der Waals surface area (Å²) in [5.41, 5.74) is 3.11. The lowest BCUT2D eigenvalue weighted by molar-refractivity contribution is 0.0494. The Labute approximate surface area is 229 Å². The number of ether oxygens (including phenoxy) is 1. The van der Waals surface area contributed by atoms with Crippen LogP contribution in [0.3, 0.4) is 0 Å². The molecule has 0 spiro atoms. The van der Waals surface area contributed by atoms with E-state index in [9.17, 15) is 14.4 Å². The number of rotatable bonds is 15. The Morgan fingerprint density at radius 3 is 1.82 bits per heavy atom. The zero-order valence-corrected chi connectivity index (χ0v) is 24.0. The van der Waals surface area contributed by atoms with E-state index in [4.69, 9.17) is 4.74 Å². The van der Waals surface area contributed by atoms with Crippen molar-refractivity contribution < 1.29 is 19.1 Å². The van der Waals surface area contributed by atoms with Crippen LogP contribution >= 0.6 is 0 Å². The summed E-state index contributed by atoms with van der Waals surface area (Å²) in [6, 6.07) is 10.8. The molecule has 2 amide bonds. The van der Waals surface area contributed by atoms with E-state index in [1.807, 2.05) is 18.2 Å². The highest BCUT2D eigenvalue weighted by Crippen LogP contribution is 2.40. The lowest BCUT2D eigenvalue weighted by Crippen LogP contribution is -2.32. The number of amides is 2. The van der Waals surface area contributed by atoms with E-state index in [0.29, 0.717) is 12.3 Å². The summed E-state index contributed by atoms with van der Waals surface area (Å²) in [5, 5.41) is 0. The number of carbonyl (C=O) groups excluding carboxylic acids is 3. The molecule has 2 aromatic rings. The molecule has 3 rings (SSSR count). The molecular formula is C33H45NO4. The predicted octanol–water partition coefficient (Wildman–Crippen LogP) is 8.81. The van der Waals surface area contributed by atoms with E-state index in [0.717, 1.165) is 30.4 Å². The van der Waals surface area contributed by atoms with Crippen LogP contribution in [0.4, 0.5) is 5.69 Å². The van der Waals surface area contributed by atoms with Gasteiger partial charge in [0.1, 0.15) is 0 Å². The number of carbonyl (C=O) groups is 3. The number of unbranched alkanes of at least 4 members (excludes halogenated alkanes) is 9. The average Bonchev–Trinajstić information content (AvgIpc) is 3.16. The maximum atomic E-state index is 13.7. The third-order valence-electron chi connectivity index (χ3n) is 7.43. The maximum absolute atomic E-state index is 13.7. The van der Waals surface area contributed by atoms with Crippen LogP contribution in [0.15, 0.2) is 36.4 Å². The van der Waals surface area contributed by atoms with Gasteiger partial charge >= 0.3 is 5.97 Å². The van der Waals surface area contributed by atoms with Crippen molar-refractivity contribution in [3.63, 3.8) is 0 Å². The molecule has 1 heterocycles. The van der Waals surface area contributed by atoms with Crippen LogP contribution in [0.5, 0.6) is 0 Å². The summed E-state index contributed by atoms with van der Waals surface area (Å²) in [4.78, 5) is 41.6. The van der Waals surface area contributed by atoms with Crippen LogP contribution in [-0.2, 0) is 4.74 Å². The van der Waals surface area contributed by atoms with Crippen molar-refractivity contribution in [3.8, 4) is 0 Å². The highest BCUT2D eigenvalue weighted by molar-refractivity contribution is 6.36. The monoisotopic (exact) mass is 519 g/mol. The van der Waals surface area contributed by atoms with Crippen molar-refractivity contribution in [1.29, 1.82) is 0 Å². The van der Waals surface area contributed by atoms with Crippen molar-refractivity contribution in [2.45, 2.75) is 111 Å². The SMILES string of the molecule is CCCCCCCCCCCCOC(=O)c1cccc2c1C(=O)N(c1c(C(C)C)cccc1C(C)C)C2=O. The summed E-state index contributed by atoms with van der Waals surface area (Å²) in [5.74, 6) is -1.13. The fourth-order valence-electron chi connectivity index (χ4n) is 5.26. The van der Waals surface area contributed by atoms with Gasteiger partial charge in [-0.05, 0) is 41.5 Å². The molecule has 0 fully saturated rings. The Balaban J connectivity index is 1.65. The molecule has 0 aromatic heterocycles. The molecular weight excluding hydrogens is 474 g/mol. The molecule has 0 aliphatic carbocycles. The largest absolute Gasteiger partial charge is 0.462 e. The van der Waals surface area contributed by atoms with Gasteiger partial charge in [0, 0.05) is 0 Å². The van der Waals surface area contributed by atoms with E-state index in [2.05, 4.69) is 34.6 Å². The van der Waals surface area contributed by atoms with Crippen molar-refractivity contribution in [1.82, 2.24) is 0 Å². The first-order chi connectivity index (χ1) is 18.3. The minimum Gasteiger partial charge on any atom is -0.462 e. The van der Waals surface area contributed by atoms with Crippen molar-refractivity contribution >= 4 is 23.5 Å². The van der Waals surface area contributed by atoms with Crippen LogP contribution in [0.25, 0.3) is 0 Å². The molecule has 1 aliphatic rings. The molecule has 38 heavy (non-hydrogen) atoms. The molecule has 0 saturated carbocycles. The van der Waals surface area contributed by atoms with Gasteiger partial charge < -0.3 is 4.74 Å². The van der Waals surface area contributed by atoms with E-state index in [1.54, 1.807) is 18.2 Å². The number of fused-ring (bicyclic) bond motifs is 1. The Morgan fingerprint density at radius 2 is 1.26 bits per heavy atom. The first-order valence-corrected chi connectivity index (χ1v) is 14.6. The molecule has 0 N–H and O–H groups in total. The van der Waals surface area contributed by atoms with E-state index >= 15 is 0 Å². The first kappa shape index (κ1) is 29.6. The van der Waals surface area contributed by atoms with Gasteiger partial charge in [0.2, 0.25) is 0 Å². The molecule has 5 nitrogen and oxygen atoms in total. The molecule has 0 atom stereocenters. The van der Waals surface area contributed by atoms with Crippen LogP contribution in [0.1, 0.15) is 153 Å². The average molecular weight is 520 g/mol. The quantitative estimate of drug-likeness (QED) is 0.134. The number of hydrogen-bond donors (Lipinski definition) is 0. The Morgan fingerprint density at radius 1 is 0.737 bits per heavy atom. The van der Waals surface area contributed by atoms with Crippen molar-refractivity contribution in [3.05, 3.63) is 64.2 Å². The molecule has 1 aliphatic heterocycles. The fourth-order valence-corrected chi connectivity index (χ4v) is 5.26. The Kier molecular flexibility index (Phi) is 11.1. The molecule has 5 heteroatoms. The van der Waals surface area contributed by atoms with Crippen molar-refractivity contribution in [2.24, 2.45) is 0 Å². The number of para-hydroxylation sites is 1. The van der Waals surface area contributed by atoms with Crippen LogP contribution < -0.4 is 4.90 Å². The Hall–Kier alpha value is -2.95. The second-order valence-electron chi connectivity index (χ2n) is 11.1. The lowest BCUT2D eigenvalue weighted by Gasteiger charge is -2.25. The highest BCUT2D eigenvalue weighted by Gasteiger charge is 2.42. The molecule has 2 aromatic carbocycles. The molecule has 0 bridgehead atoms. The van der Waals surface area contributed by atoms with Gasteiger partial charge in [-0.1, -0.05) is 117 Å².